The van der Waals surface area contributed by atoms with E-state index < -0.39 is 0 Å². The summed E-state index contributed by atoms with van der Waals surface area (Å²) in [5.74, 6) is 0. The van der Waals surface area contributed by atoms with Gasteiger partial charge >= 0.3 is 0 Å². The molecule has 0 bridgehead atoms. The SMILES string of the molecule is CCCNC1CCCC(N2CCC(OCC)CC2)C1. The van der Waals surface area contributed by atoms with Crippen molar-refractivity contribution in [2.24, 2.45) is 0 Å². The Morgan fingerprint density at radius 1 is 1.11 bits per heavy atom. The van der Waals surface area contributed by atoms with Gasteiger partial charge in [-0.15, -0.1) is 0 Å². The van der Waals surface area contributed by atoms with Gasteiger partial charge in [-0.05, 0) is 52.0 Å². The zero-order valence-electron chi connectivity index (χ0n) is 12.9. The molecule has 0 spiro atoms. The third kappa shape index (κ3) is 4.73. The second-order valence-electron chi connectivity index (χ2n) is 6.16. The van der Waals surface area contributed by atoms with Crippen LogP contribution in [0.1, 0.15) is 58.8 Å². The Hall–Kier alpha value is -0.120. The minimum absolute atomic E-state index is 0.527. The van der Waals surface area contributed by atoms with Crippen LogP contribution >= 0.6 is 0 Å². The van der Waals surface area contributed by atoms with Gasteiger partial charge in [0.15, 0.2) is 0 Å². The molecule has 0 aromatic rings. The standard InChI is InChI=1S/C16H32N2O/c1-3-10-17-14-6-5-7-15(13-14)18-11-8-16(9-12-18)19-4-2/h14-17H,3-13H2,1-2H3. The average Bonchev–Trinajstić information content (AvgIpc) is 2.46. The molecule has 1 aliphatic heterocycles. The molecular weight excluding hydrogens is 236 g/mol. The van der Waals surface area contributed by atoms with Crippen LogP contribution in [0.25, 0.3) is 0 Å². The first-order valence-corrected chi connectivity index (χ1v) is 8.42. The number of ether oxygens (including phenoxy) is 1. The molecule has 3 nitrogen and oxygen atoms in total. The Labute approximate surface area is 119 Å². The predicted molar refractivity (Wildman–Crippen MR) is 80.6 cm³/mol. The molecule has 0 aromatic heterocycles. The molecule has 112 valence electrons. The van der Waals surface area contributed by atoms with Gasteiger partial charge in [0.2, 0.25) is 0 Å². The summed E-state index contributed by atoms with van der Waals surface area (Å²) >= 11 is 0. The zero-order chi connectivity index (χ0) is 13.5. The van der Waals surface area contributed by atoms with E-state index in [4.69, 9.17) is 4.74 Å². The van der Waals surface area contributed by atoms with Gasteiger partial charge in [0.05, 0.1) is 6.10 Å². The maximum atomic E-state index is 5.75. The summed E-state index contributed by atoms with van der Waals surface area (Å²) in [7, 11) is 0. The van der Waals surface area contributed by atoms with E-state index in [9.17, 15) is 0 Å². The van der Waals surface area contributed by atoms with E-state index in [0.29, 0.717) is 6.10 Å². The quantitative estimate of drug-likeness (QED) is 0.801. The van der Waals surface area contributed by atoms with Gasteiger partial charge in [0.1, 0.15) is 0 Å². The van der Waals surface area contributed by atoms with Gasteiger partial charge in [-0.3, -0.25) is 0 Å². The van der Waals surface area contributed by atoms with Crippen LogP contribution in [0.3, 0.4) is 0 Å². The van der Waals surface area contributed by atoms with Crippen molar-refractivity contribution in [3.05, 3.63) is 0 Å². The number of likely N-dealkylation sites (tertiary alicyclic amines) is 1. The minimum Gasteiger partial charge on any atom is -0.378 e. The van der Waals surface area contributed by atoms with Crippen molar-refractivity contribution in [3.8, 4) is 0 Å². The average molecular weight is 268 g/mol. The smallest absolute Gasteiger partial charge is 0.0599 e. The summed E-state index contributed by atoms with van der Waals surface area (Å²) in [6, 6.07) is 1.59. The molecule has 1 heterocycles. The molecule has 1 N–H and O–H groups in total. The lowest BCUT2D eigenvalue weighted by Crippen LogP contribution is -2.48. The summed E-state index contributed by atoms with van der Waals surface area (Å²) in [5.41, 5.74) is 0. The van der Waals surface area contributed by atoms with E-state index >= 15 is 0 Å². The molecule has 0 aromatic carbocycles. The van der Waals surface area contributed by atoms with Crippen molar-refractivity contribution in [3.63, 3.8) is 0 Å². The molecule has 2 aliphatic rings. The lowest BCUT2D eigenvalue weighted by molar-refractivity contribution is -0.00204. The first-order chi connectivity index (χ1) is 9.33. The number of piperidine rings is 1. The highest BCUT2D eigenvalue weighted by molar-refractivity contribution is 4.86. The molecule has 1 saturated heterocycles. The van der Waals surface area contributed by atoms with Gasteiger partial charge in [-0.1, -0.05) is 13.3 Å². The van der Waals surface area contributed by atoms with Gasteiger partial charge in [0, 0.05) is 31.8 Å². The fraction of sp³-hybridized carbons (Fsp3) is 1.00. The third-order valence-corrected chi connectivity index (χ3v) is 4.72. The fourth-order valence-electron chi connectivity index (χ4n) is 3.67. The van der Waals surface area contributed by atoms with Gasteiger partial charge in [-0.25, -0.2) is 0 Å². The number of hydrogen-bond acceptors (Lipinski definition) is 3. The summed E-state index contributed by atoms with van der Waals surface area (Å²) < 4.78 is 5.75. The van der Waals surface area contributed by atoms with E-state index in [1.807, 2.05) is 0 Å². The normalized spacial score (nSPS) is 30.6. The van der Waals surface area contributed by atoms with E-state index in [-0.39, 0.29) is 0 Å². The van der Waals surface area contributed by atoms with Crippen LogP contribution < -0.4 is 5.32 Å². The second-order valence-corrected chi connectivity index (χ2v) is 6.16. The zero-order valence-corrected chi connectivity index (χ0v) is 12.9. The van der Waals surface area contributed by atoms with Crippen LogP contribution in [0.5, 0.6) is 0 Å². The Bertz CT molecular complexity index is 239. The van der Waals surface area contributed by atoms with Crippen molar-refractivity contribution < 1.29 is 4.74 Å². The van der Waals surface area contributed by atoms with E-state index in [0.717, 1.165) is 18.7 Å². The maximum absolute atomic E-state index is 5.75. The topological polar surface area (TPSA) is 24.5 Å². The molecule has 2 rings (SSSR count). The number of hydrogen-bond donors (Lipinski definition) is 1. The Kier molecular flexibility index (Phi) is 6.62. The van der Waals surface area contributed by atoms with Crippen LogP contribution in [0.15, 0.2) is 0 Å². The Morgan fingerprint density at radius 2 is 1.89 bits per heavy atom. The third-order valence-electron chi connectivity index (χ3n) is 4.72. The van der Waals surface area contributed by atoms with E-state index in [2.05, 4.69) is 24.1 Å². The van der Waals surface area contributed by atoms with Crippen molar-refractivity contribution in [2.45, 2.75) is 77.0 Å². The van der Waals surface area contributed by atoms with Crippen LogP contribution in [0.2, 0.25) is 0 Å². The van der Waals surface area contributed by atoms with Gasteiger partial charge in [0.25, 0.3) is 0 Å². The summed E-state index contributed by atoms with van der Waals surface area (Å²) in [6.07, 6.45) is 9.79. The Balaban J connectivity index is 1.72. The van der Waals surface area contributed by atoms with Crippen LogP contribution in [0, 0.1) is 0 Å². The largest absolute Gasteiger partial charge is 0.378 e. The highest BCUT2D eigenvalue weighted by Crippen LogP contribution is 2.26. The highest BCUT2D eigenvalue weighted by atomic mass is 16.5. The molecule has 3 heteroatoms. The summed E-state index contributed by atoms with van der Waals surface area (Å²) in [4.78, 5) is 2.73. The summed E-state index contributed by atoms with van der Waals surface area (Å²) in [5, 5.41) is 3.72. The molecule has 2 atom stereocenters. The van der Waals surface area contributed by atoms with Gasteiger partial charge in [-0.2, -0.15) is 0 Å². The molecule has 19 heavy (non-hydrogen) atoms. The lowest BCUT2D eigenvalue weighted by atomic mass is 9.88. The predicted octanol–water partition coefficient (Wildman–Crippen LogP) is 2.80. The van der Waals surface area contributed by atoms with Crippen LogP contribution in [-0.4, -0.2) is 49.3 Å². The van der Waals surface area contributed by atoms with E-state index in [1.54, 1.807) is 0 Å². The van der Waals surface area contributed by atoms with E-state index in [1.165, 1.54) is 64.6 Å². The van der Waals surface area contributed by atoms with Gasteiger partial charge < -0.3 is 15.0 Å². The number of nitrogens with one attached hydrogen (secondary N) is 1. The monoisotopic (exact) mass is 268 g/mol. The van der Waals surface area contributed by atoms with Crippen molar-refractivity contribution in [1.82, 2.24) is 10.2 Å². The van der Waals surface area contributed by atoms with Crippen molar-refractivity contribution in [2.75, 3.05) is 26.2 Å². The molecule has 1 aliphatic carbocycles. The van der Waals surface area contributed by atoms with Crippen molar-refractivity contribution >= 4 is 0 Å². The molecule has 0 amide bonds. The second kappa shape index (κ2) is 8.23. The molecular formula is C16H32N2O. The minimum atomic E-state index is 0.527. The Morgan fingerprint density at radius 3 is 2.58 bits per heavy atom. The first-order valence-electron chi connectivity index (χ1n) is 8.42. The fourth-order valence-corrected chi connectivity index (χ4v) is 3.67. The van der Waals surface area contributed by atoms with Crippen LogP contribution in [0.4, 0.5) is 0 Å². The number of nitrogens with zero attached hydrogens (tertiary/aromatic N) is 1. The molecule has 1 saturated carbocycles. The number of rotatable bonds is 6. The molecule has 2 unspecified atom stereocenters. The maximum Gasteiger partial charge on any atom is 0.0599 e. The van der Waals surface area contributed by atoms with Crippen molar-refractivity contribution in [1.29, 1.82) is 0 Å². The summed E-state index contributed by atoms with van der Waals surface area (Å²) in [6.45, 7) is 8.91. The molecule has 2 fully saturated rings. The lowest BCUT2D eigenvalue weighted by Gasteiger charge is -2.41. The first kappa shape index (κ1) is 15.3. The molecule has 0 radical (unpaired) electrons. The van der Waals surface area contributed by atoms with Crippen LogP contribution in [-0.2, 0) is 4.74 Å². The highest BCUT2D eigenvalue weighted by Gasteiger charge is 2.29.